The van der Waals surface area contributed by atoms with E-state index in [0.717, 1.165) is 29.8 Å². The maximum atomic E-state index is 11.4. The number of benzene rings is 1. The Morgan fingerprint density at radius 3 is 2.60 bits per heavy atom. The van der Waals surface area contributed by atoms with E-state index in [-0.39, 0.29) is 11.8 Å². The van der Waals surface area contributed by atoms with Gasteiger partial charge in [0.15, 0.2) is 11.5 Å². The van der Waals surface area contributed by atoms with Gasteiger partial charge in [0.2, 0.25) is 0 Å². The molecule has 0 spiro atoms. The van der Waals surface area contributed by atoms with Crippen molar-refractivity contribution < 1.29 is 19.1 Å². The van der Waals surface area contributed by atoms with Crippen molar-refractivity contribution >= 4 is 35.0 Å². The fraction of sp³-hybridized carbons (Fsp3) is 0.333. The van der Waals surface area contributed by atoms with Gasteiger partial charge in [0.1, 0.15) is 0 Å². The van der Waals surface area contributed by atoms with Crippen LogP contribution in [0.25, 0.3) is 0 Å². The molecule has 1 aliphatic heterocycles. The third kappa shape index (κ3) is 4.62. The van der Waals surface area contributed by atoms with Gasteiger partial charge in [0.25, 0.3) is 0 Å². The van der Waals surface area contributed by atoms with Crippen molar-refractivity contribution in [3.05, 3.63) is 40.8 Å². The summed E-state index contributed by atoms with van der Waals surface area (Å²) in [6, 6.07) is 7.93. The molecule has 25 heavy (non-hydrogen) atoms. The predicted molar refractivity (Wildman–Crippen MR) is 98.6 cm³/mol. The molecule has 1 aromatic heterocycles. The van der Waals surface area contributed by atoms with Gasteiger partial charge < -0.3 is 14.8 Å². The summed E-state index contributed by atoms with van der Waals surface area (Å²) in [5.74, 6) is 0.581. The van der Waals surface area contributed by atoms with Crippen LogP contribution in [0.2, 0.25) is 0 Å². The Labute approximate surface area is 154 Å². The monoisotopic (exact) mass is 377 g/mol. The third-order valence-corrected chi connectivity index (χ3v) is 5.99. The highest BCUT2D eigenvalue weighted by atomic mass is 32.2. The minimum Gasteiger partial charge on any atom is -0.423 e. The number of thioether (sulfide) groups is 1. The van der Waals surface area contributed by atoms with Gasteiger partial charge in [-0.2, -0.15) is 0 Å². The van der Waals surface area contributed by atoms with Gasteiger partial charge in [0, 0.05) is 25.6 Å². The van der Waals surface area contributed by atoms with Gasteiger partial charge in [-0.3, -0.25) is 9.59 Å². The summed E-state index contributed by atoms with van der Waals surface area (Å²) in [5.41, 5.74) is 2.20. The maximum absolute atomic E-state index is 11.4. The van der Waals surface area contributed by atoms with Gasteiger partial charge in [0.05, 0.1) is 4.21 Å². The number of rotatable bonds is 5. The largest absolute Gasteiger partial charge is 0.423 e. The van der Waals surface area contributed by atoms with Gasteiger partial charge in [-0.1, -0.05) is 6.07 Å². The van der Waals surface area contributed by atoms with E-state index >= 15 is 0 Å². The zero-order valence-corrected chi connectivity index (χ0v) is 15.7. The summed E-state index contributed by atoms with van der Waals surface area (Å²) in [4.78, 5) is 22.7. The average molecular weight is 377 g/mol. The lowest BCUT2D eigenvalue weighted by Gasteiger charge is -2.27. The standard InChI is InChI=1S/C18H19NO4S2/c1-11(20)22-16-8-13-5-6-19-15(10-25-18-4-3-7-24-18)14(13)9-17(16)23-12(2)21/h3-4,7-9,15,19H,5-6,10H2,1-2H3. The van der Waals surface area contributed by atoms with E-state index in [1.165, 1.54) is 18.1 Å². The molecule has 1 aliphatic rings. The number of hydrogen-bond acceptors (Lipinski definition) is 7. The molecule has 7 heteroatoms. The van der Waals surface area contributed by atoms with Crippen molar-refractivity contribution in [3.8, 4) is 11.5 Å². The van der Waals surface area contributed by atoms with Crippen molar-refractivity contribution in [1.29, 1.82) is 0 Å². The number of hydrogen-bond donors (Lipinski definition) is 1. The molecule has 0 saturated carbocycles. The molecule has 1 atom stereocenters. The quantitative estimate of drug-likeness (QED) is 0.488. The van der Waals surface area contributed by atoms with E-state index in [9.17, 15) is 9.59 Å². The summed E-state index contributed by atoms with van der Waals surface area (Å²) >= 11 is 3.52. The first-order valence-electron chi connectivity index (χ1n) is 7.96. The maximum Gasteiger partial charge on any atom is 0.308 e. The van der Waals surface area contributed by atoms with Crippen LogP contribution >= 0.6 is 23.1 Å². The van der Waals surface area contributed by atoms with Crippen molar-refractivity contribution in [3.63, 3.8) is 0 Å². The van der Waals surface area contributed by atoms with Crippen LogP contribution in [0.4, 0.5) is 0 Å². The molecule has 0 saturated heterocycles. The number of ether oxygens (including phenoxy) is 2. The number of nitrogens with one attached hydrogen (secondary N) is 1. The van der Waals surface area contributed by atoms with Gasteiger partial charge in [-0.25, -0.2) is 0 Å². The van der Waals surface area contributed by atoms with E-state index in [2.05, 4.69) is 16.8 Å². The molecule has 0 bridgehead atoms. The molecule has 0 radical (unpaired) electrons. The molecule has 132 valence electrons. The highest BCUT2D eigenvalue weighted by molar-refractivity contribution is 8.01. The van der Waals surface area contributed by atoms with Crippen LogP contribution in [0.1, 0.15) is 31.0 Å². The first-order valence-corrected chi connectivity index (χ1v) is 9.83. The van der Waals surface area contributed by atoms with E-state index in [1.807, 2.05) is 18.2 Å². The van der Waals surface area contributed by atoms with E-state index in [4.69, 9.17) is 9.47 Å². The smallest absolute Gasteiger partial charge is 0.308 e. The van der Waals surface area contributed by atoms with Crippen molar-refractivity contribution in [2.75, 3.05) is 12.3 Å². The minimum atomic E-state index is -0.443. The third-order valence-electron chi connectivity index (χ3n) is 3.76. The molecule has 1 unspecified atom stereocenters. The van der Waals surface area contributed by atoms with Gasteiger partial charge in [-0.15, -0.1) is 23.1 Å². The molecule has 2 aromatic rings. The number of thiophene rings is 1. The predicted octanol–water partition coefficient (Wildman–Crippen LogP) is 3.58. The van der Waals surface area contributed by atoms with E-state index in [0.29, 0.717) is 5.75 Å². The van der Waals surface area contributed by atoms with Crippen LogP contribution in [-0.2, 0) is 16.0 Å². The van der Waals surface area contributed by atoms with Gasteiger partial charge in [-0.05, 0) is 47.7 Å². The van der Waals surface area contributed by atoms with Crippen LogP contribution in [0.15, 0.2) is 33.9 Å². The molecular weight excluding hydrogens is 358 g/mol. The molecule has 1 N–H and O–H groups in total. The zero-order valence-electron chi connectivity index (χ0n) is 14.0. The lowest BCUT2D eigenvalue weighted by atomic mass is 9.94. The molecule has 5 nitrogen and oxygen atoms in total. The second-order valence-corrected chi connectivity index (χ2v) is 7.95. The molecule has 1 aromatic carbocycles. The summed E-state index contributed by atoms with van der Waals surface area (Å²) in [6.45, 7) is 3.52. The summed E-state index contributed by atoms with van der Waals surface area (Å²) in [7, 11) is 0. The second kappa shape index (κ2) is 8.03. The number of carbonyl (C=O) groups excluding carboxylic acids is 2. The van der Waals surface area contributed by atoms with Crippen LogP contribution in [0.3, 0.4) is 0 Å². The first kappa shape index (κ1) is 18.0. The van der Waals surface area contributed by atoms with E-state index < -0.39 is 11.9 Å². The lowest BCUT2D eigenvalue weighted by molar-refractivity contribution is -0.134. The van der Waals surface area contributed by atoms with Crippen LogP contribution in [-0.4, -0.2) is 24.2 Å². The first-order chi connectivity index (χ1) is 12.0. The lowest BCUT2D eigenvalue weighted by Crippen LogP contribution is -2.31. The fourth-order valence-electron chi connectivity index (χ4n) is 2.78. The van der Waals surface area contributed by atoms with Crippen molar-refractivity contribution in [1.82, 2.24) is 5.32 Å². The molecular formula is C18H19NO4S2. The van der Waals surface area contributed by atoms with Crippen molar-refractivity contribution in [2.24, 2.45) is 0 Å². The average Bonchev–Trinajstić information content (AvgIpc) is 3.06. The number of esters is 2. The highest BCUT2D eigenvalue weighted by Crippen LogP contribution is 2.38. The summed E-state index contributed by atoms with van der Waals surface area (Å²) in [5, 5.41) is 5.58. The topological polar surface area (TPSA) is 64.6 Å². The van der Waals surface area contributed by atoms with E-state index in [1.54, 1.807) is 23.1 Å². The minimum absolute atomic E-state index is 0.150. The van der Waals surface area contributed by atoms with Gasteiger partial charge >= 0.3 is 11.9 Å². The Bertz CT molecular complexity index is 774. The normalized spacial score (nSPS) is 16.2. The molecule has 2 heterocycles. The Kier molecular flexibility index (Phi) is 5.78. The molecule has 0 aliphatic carbocycles. The molecule has 0 fully saturated rings. The highest BCUT2D eigenvalue weighted by Gasteiger charge is 2.24. The number of carbonyl (C=O) groups is 2. The van der Waals surface area contributed by atoms with Crippen LogP contribution < -0.4 is 14.8 Å². The Hall–Kier alpha value is -1.83. The Morgan fingerprint density at radius 1 is 1.24 bits per heavy atom. The second-order valence-electron chi connectivity index (χ2n) is 5.68. The summed E-state index contributed by atoms with van der Waals surface area (Å²) in [6.07, 6.45) is 0.837. The number of fused-ring (bicyclic) bond motifs is 1. The molecule has 3 rings (SSSR count). The summed E-state index contributed by atoms with van der Waals surface area (Å²) < 4.78 is 11.8. The van der Waals surface area contributed by atoms with Crippen molar-refractivity contribution in [2.45, 2.75) is 30.5 Å². The zero-order chi connectivity index (χ0) is 17.8. The fourth-order valence-corrected chi connectivity index (χ4v) is 4.67. The van der Waals surface area contributed by atoms with Crippen LogP contribution in [0.5, 0.6) is 11.5 Å². The van der Waals surface area contributed by atoms with Crippen LogP contribution in [0, 0.1) is 0 Å². The Morgan fingerprint density at radius 2 is 1.96 bits per heavy atom. The Balaban J connectivity index is 1.88. The molecule has 0 amide bonds. The SMILES string of the molecule is CC(=O)Oc1cc2c(cc1OC(C)=O)C(CSc1cccs1)NCC2.